The molecule has 6 heteroatoms. The summed E-state index contributed by atoms with van der Waals surface area (Å²) in [6, 6.07) is 3.72. The smallest absolute Gasteiger partial charge is 0.254 e. The minimum atomic E-state index is -0.0587. The molecule has 2 rings (SSSR count). The number of carbonyl (C=O) groups excluding carboxylic acids is 1. The van der Waals surface area contributed by atoms with Crippen molar-refractivity contribution in [1.29, 1.82) is 0 Å². The van der Waals surface area contributed by atoms with E-state index in [9.17, 15) is 4.79 Å². The molecule has 20 heavy (non-hydrogen) atoms. The number of nitrogens with one attached hydrogen (secondary N) is 1. The van der Waals surface area contributed by atoms with Gasteiger partial charge >= 0.3 is 0 Å². The second-order valence-electron chi connectivity index (χ2n) is 5.20. The summed E-state index contributed by atoms with van der Waals surface area (Å²) in [4.78, 5) is 17.5. The number of hydrogen-bond donors (Lipinski definition) is 2. The average Bonchev–Trinajstić information content (AvgIpc) is 2.44. The molecule has 0 spiro atoms. The second kappa shape index (κ2) is 6.19. The van der Waals surface area contributed by atoms with Gasteiger partial charge in [0.05, 0.1) is 17.7 Å². The van der Waals surface area contributed by atoms with Gasteiger partial charge in [-0.05, 0) is 25.5 Å². The lowest BCUT2D eigenvalue weighted by atomic mass is 9.83. The molecule has 1 saturated carbocycles. The number of nitrogens with two attached hydrogens (primary N) is 1. The Kier molecular flexibility index (Phi) is 4.57. The van der Waals surface area contributed by atoms with Gasteiger partial charge in [0.25, 0.3) is 5.91 Å². The molecule has 0 saturated heterocycles. The normalized spacial score (nSPS) is 24.9. The minimum absolute atomic E-state index is 0.0587. The van der Waals surface area contributed by atoms with E-state index in [0.717, 1.165) is 6.42 Å². The first-order valence-electron chi connectivity index (χ1n) is 6.84. The minimum Gasteiger partial charge on any atom is -0.376 e. The van der Waals surface area contributed by atoms with Gasteiger partial charge < -0.3 is 20.7 Å². The van der Waals surface area contributed by atoms with Crippen molar-refractivity contribution in [1.82, 2.24) is 9.88 Å². The third kappa shape index (κ3) is 3.08. The number of ether oxygens (including phenoxy) is 1. The predicted octanol–water partition coefficient (Wildman–Crippen LogP) is 0.700. The molecule has 0 aromatic carbocycles. The van der Waals surface area contributed by atoms with Crippen LogP contribution in [0.15, 0.2) is 18.3 Å². The van der Waals surface area contributed by atoms with Crippen LogP contribution in [0.25, 0.3) is 0 Å². The number of rotatable bonds is 5. The van der Waals surface area contributed by atoms with E-state index in [1.807, 2.05) is 6.92 Å². The maximum atomic E-state index is 11.8. The molecule has 1 aliphatic carbocycles. The summed E-state index contributed by atoms with van der Waals surface area (Å²) < 4.78 is 5.60. The molecule has 0 radical (unpaired) electrons. The van der Waals surface area contributed by atoms with Crippen LogP contribution in [0.4, 0.5) is 5.82 Å². The molecule has 1 aromatic rings. The lowest BCUT2D eigenvalue weighted by Crippen LogP contribution is -2.60. The molecule has 110 valence electrons. The van der Waals surface area contributed by atoms with Crippen LogP contribution in [-0.4, -0.2) is 54.7 Å². The van der Waals surface area contributed by atoms with E-state index in [-0.39, 0.29) is 24.1 Å². The molecule has 1 fully saturated rings. The Labute approximate surface area is 119 Å². The van der Waals surface area contributed by atoms with Crippen molar-refractivity contribution in [3.05, 3.63) is 23.9 Å². The van der Waals surface area contributed by atoms with Crippen LogP contribution >= 0.6 is 0 Å². The number of amides is 1. The summed E-state index contributed by atoms with van der Waals surface area (Å²) in [5.74, 6) is 0.654. The van der Waals surface area contributed by atoms with Crippen molar-refractivity contribution in [3.8, 4) is 0 Å². The third-order valence-electron chi connectivity index (χ3n) is 3.48. The van der Waals surface area contributed by atoms with Gasteiger partial charge in [0.1, 0.15) is 5.82 Å². The molecule has 0 aliphatic heterocycles. The second-order valence-corrected chi connectivity index (χ2v) is 5.20. The Hall–Kier alpha value is -1.66. The largest absolute Gasteiger partial charge is 0.376 e. The maximum absolute atomic E-state index is 11.8. The van der Waals surface area contributed by atoms with E-state index in [1.54, 1.807) is 32.4 Å². The summed E-state index contributed by atoms with van der Waals surface area (Å²) in [5.41, 5.74) is 6.55. The molecule has 1 aromatic heterocycles. The van der Waals surface area contributed by atoms with Gasteiger partial charge in [-0.3, -0.25) is 4.79 Å². The van der Waals surface area contributed by atoms with E-state index in [0.29, 0.717) is 18.0 Å². The number of hydrogen-bond acceptors (Lipinski definition) is 5. The van der Waals surface area contributed by atoms with Crippen molar-refractivity contribution >= 4 is 11.7 Å². The summed E-state index contributed by atoms with van der Waals surface area (Å²) in [7, 11) is 3.43. The summed E-state index contributed by atoms with van der Waals surface area (Å²) in [6.07, 6.45) is 2.58. The zero-order chi connectivity index (χ0) is 14.7. The van der Waals surface area contributed by atoms with E-state index in [2.05, 4.69) is 10.3 Å². The molecular weight excluding hydrogens is 256 g/mol. The van der Waals surface area contributed by atoms with Crippen LogP contribution in [0.2, 0.25) is 0 Å². The van der Waals surface area contributed by atoms with Gasteiger partial charge in [-0.15, -0.1) is 0 Å². The highest BCUT2D eigenvalue weighted by Crippen LogP contribution is 2.25. The zero-order valence-corrected chi connectivity index (χ0v) is 12.2. The van der Waals surface area contributed by atoms with Gasteiger partial charge in [-0.1, -0.05) is 0 Å². The fraction of sp³-hybridized carbons (Fsp3) is 0.571. The topological polar surface area (TPSA) is 80.5 Å². The van der Waals surface area contributed by atoms with Crippen molar-refractivity contribution in [2.45, 2.75) is 31.5 Å². The first-order valence-corrected chi connectivity index (χ1v) is 6.84. The van der Waals surface area contributed by atoms with E-state index in [1.165, 1.54) is 4.90 Å². The molecule has 1 aliphatic rings. The van der Waals surface area contributed by atoms with E-state index in [4.69, 9.17) is 10.5 Å². The Bertz CT molecular complexity index is 459. The van der Waals surface area contributed by atoms with Crippen LogP contribution < -0.4 is 11.1 Å². The van der Waals surface area contributed by atoms with E-state index >= 15 is 0 Å². The number of nitrogens with zero attached hydrogens (tertiary/aromatic N) is 2. The average molecular weight is 278 g/mol. The molecular formula is C14H22N4O2. The number of carbonyl (C=O) groups is 1. The number of aromatic nitrogens is 1. The standard InChI is InChI=1S/C14H22N4O2/c1-4-20-11-7-10(15)13(11)17-12-6-5-9(8-16-12)14(19)18(2)3/h5-6,8,10-11,13H,4,7,15H2,1-3H3,(H,16,17). The molecule has 3 N–H and O–H groups in total. The molecule has 3 unspecified atom stereocenters. The van der Waals surface area contributed by atoms with E-state index < -0.39 is 0 Å². The Morgan fingerprint density at radius 3 is 2.80 bits per heavy atom. The van der Waals surface area contributed by atoms with Crippen LogP contribution in [0, 0.1) is 0 Å². The van der Waals surface area contributed by atoms with Gasteiger partial charge in [0, 0.05) is 32.9 Å². The van der Waals surface area contributed by atoms with Gasteiger partial charge in [0.15, 0.2) is 0 Å². The summed E-state index contributed by atoms with van der Waals surface area (Å²) >= 11 is 0. The van der Waals surface area contributed by atoms with Gasteiger partial charge in [-0.2, -0.15) is 0 Å². The number of pyridine rings is 1. The van der Waals surface area contributed by atoms with Crippen LogP contribution in [0.3, 0.4) is 0 Å². The molecule has 1 amide bonds. The van der Waals surface area contributed by atoms with Gasteiger partial charge in [-0.25, -0.2) is 4.98 Å². The monoisotopic (exact) mass is 278 g/mol. The Morgan fingerprint density at radius 1 is 1.55 bits per heavy atom. The predicted molar refractivity (Wildman–Crippen MR) is 77.7 cm³/mol. The maximum Gasteiger partial charge on any atom is 0.254 e. The first kappa shape index (κ1) is 14.7. The van der Waals surface area contributed by atoms with Crippen LogP contribution in [0.5, 0.6) is 0 Å². The SMILES string of the molecule is CCOC1CC(N)C1Nc1ccc(C(=O)N(C)C)cn1. The number of anilines is 1. The highest BCUT2D eigenvalue weighted by atomic mass is 16.5. The quantitative estimate of drug-likeness (QED) is 0.828. The highest BCUT2D eigenvalue weighted by Gasteiger charge is 2.39. The fourth-order valence-corrected chi connectivity index (χ4v) is 2.26. The van der Waals surface area contributed by atoms with Crippen molar-refractivity contribution in [3.63, 3.8) is 0 Å². The van der Waals surface area contributed by atoms with Crippen LogP contribution in [0.1, 0.15) is 23.7 Å². The zero-order valence-electron chi connectivity index (χ0n) is 12.2. The molecule has 6 nitrogen and oxygen atoms in total. The molecule has 1 heterocycles. The molecule has 0 bridgehead atoms. The third-order valence-corrected chi connectivity index (χ3v) is 3.48. The summed E-state index contributed by atoms with van der Waals surface area (Å²) in [6.45, 7) is 2.65. The van der Waals surface area contributed by atoms with Gasteiger partial charge in [0.2, 0.25) is 0 Å². The van der Waals surface area contributed by atoms with Crippen molar-refractivity contribution in [2.75, 3.05) is 26.0 Å². The first-order chi connectivity index (χ1) is 9.52. The highest BCUT2D eigenvalue weighted by molar-refractivity contribution is 5.93. The van der Waals surface area contributed by atoms with Crippen LogP contribution in [-0.2, 0) is 4.74 Å². The Balaban J connectivity index is 1.98. The van der Waals surface area contributed by atoms with Crippen molar-refractivity contribution in [2.24, 2.45) is 5.73 Å². The lowest BCUT2D eigenvalue weighted by molar-refractivity contribution is -0.0127. The lowest BCUT2D eigenvalue weighted by Gasteiger charge is -2.42. The molecule has 3 atom stereocenters. The summed E-state index contributed by atoms with van der Waals surface area (Å²) in [5, 5.41) is 3.27. The fourth-order valence-electron chi connectivity index (χ4n) is 2.26. The van der Waals surface area contributed by atoms with Crippen molar-refractivity contribution < 1.29 is 9.53 Å². The Morgan fingerprint density at radius 2 is 2.30 bits per heavy atom.